The molecule has 2 rings (SSSR count). The smallest absolute Gasteiger partial charge is 0.418 e. The molecule has 2 nitrogen and oxygen atoms in total. The van der Waals surface area contributed by atoms with Crippen LogP contribution in [0.15, 0.2) is 18.2 Å². The van der Waals surface area contributed by atoms with Gasteiger partial charge in [0.2, 0.25) is 0 Å². The SMILES string of the molecule is O[C@@H](c1cccc2c1OCCC2)C(F)(F)F. The summed E-state index contributed by atoms with van der Waals surface area (Å²) < 4.78 is 42.4. The average Bonchev–Trinajstić information content (AvgIpc) is 2.26. The van der Waals surface area contributed by atoms with Gasteiger partial charge in [0.1, 0.15) is 5.75 Å². The molecule has 1 aromatic rings. The zero-order chi connectivity index (χ0) is 11.8. The molecule has 1 heterocycles. The second kappa shape index (κ2) is 3.97. The van der Waals surface area contributed by atoms with E-state index in [9.17, 15) is 18.3 Å². The first-order valence-electron chi connectivity index (χ1n) is 4.99. The van der Waals surface area contributed by atoms with Gasteiger partial charge in [0, 0.05) is 5.56 Å². The number of aliphatic hydroxyl groups is 1. The number of hydrogen-bond donors (Lipinski definition) is 1. The molecule has 1 aliphatic rings. The summed E-state index contributed by atoms with van der Waals surface area (Å²) in [5, 5.41) is 9.21. The third-order valence-electron chi connectivity index (χ3n) is 2.57. The number of halogens is 3. The fourth-order valence-corrected chi connectivity index (χ4v) is 1.81. The number of para-hydroxylation sites is 1. The summed E-state index contributed by atoms with van der Waals surface area (Å²) in [7, 11) is 0. The van der Waals surface area contributed by atoms with E-state index in [2.05, 4.69) is 0 Å². The molecule has 0 radical (unpaired) electrons. The number of alkyl halides is 3. The van der Waals surface area contributed by atoms with E-state index in [0.29, 0.717) is 13.0 Å². The van der Waals surface area contributed by atoms with Crippen molar-refractivity contribution in [3.05, 3.63) is 29.3 Å². The highest BCUT2D eigenvalue weighted by atomic mass is 19.4. The van der Waals surface area contributed by atoms with Gasteiger partial charge in [-0.1, -0.05) is 18.2 Å². The van der Waals surface area contributed by atoms with Gasteiger partial charge in [-0.25, -0.2) is 0 Å². The normalized spacial score (nSPS) is 17.5. The number of fused-ring (bicyclic) bond motifs is 1. The van der Waals surface area contributed by atoms with Gasteiger partial charge in [0.15, 0.2) is 6.10 Å². The van der Waals surface area contributed by atoms with Crippen molar-refractivity contribution in [1.29, 1.82) is 0 Å². The molecule has 0 aliphatic carbocycles. The summed E-state index contributed by atoms with van der Waals surface area (Å²) in [5.74, 6) is 0.193. The highest BCUT2D eigenvalue weighted by Gasteiger charge is 2.41. The van der Waals surface area contributed by atoms with Gasteiger partial charge >= 0.3 is 6.18 Å². The van der Waals surface area contributed by atoms with Crippen LogP contribution >= 0.6 is 0 Å². The number of hydrogen-bond acceptors (Lipinski definition) is 2. The van der Waals surface area contributed by atoms with Crippen LogP contribution in [0.5, 0.6) is 5.75 Å². The molecule has 5 heteroatoms. The second-order valence-electron chi connectivity index (χ2n) is 3.73. The van der Waals surface area contributed by atoms with E-state index in [1.54, 1.807) is 6.07 Å². The number of aryl methyl sites for hydroxylation is 1. The first-order chi connectivity index (χ1) is 7.50. The number of rotatable bonds is 1. The van der Waals surface area contributed by atoms with Crippen LogP contribution < -0.4 is 4.74 Å². The Hall–Kier alpha value is -1.23. The fraction of sp³-hybridized carbons (Fsp3) is 0.455. The molecule has 0 saturated carbocycles. The van der Waals surface area contributed by atoms with E-state index in [0.717, 1.165) is 12.0 Å². The van der Waals surface area contributed by atoms with Crippen LogP contribution in [0.3, 0.4) is 0 Å². The Morgan fingerprint density at radius 3 is 2.75 bits per heavy atom. The lowest BCUT2D eigenvalue weighted by Crippen LogP contribution is -2.22. The van der Waals surface area contributed by atoms with Crippen LogP contribution in [0.4, 0.5) is 13.2 Å². The van der Waals surface area contributed by atoms with Gasteiger partial charge in [0.05, 0.1) is 6.61 Å². The van der Waals surface area contributed by atoms with Crippen molar-refractivity contribution >= 4 is 0 Å². The van der Waals surface area contributed by atoms with Crippen molar-refractivity contribution in [2.75, 3.05) is 6.61 Å². The van der Waals surface area contributed by atoms with Gasteiger partial charge in [0.25, 0.3) is 0 Å². The molecule has 0 aromatic heterocycles. The fourth-order valence-electron chi connectivity index (χ4n) is 1.81. The molecule has 0 bridgehead atoms. The van der Waals surface area contributed by atoms with E-state index >= 15 is 0 Å². The zero-order valence-corrected chi connectivity index (χ0v) is 8.42. The number of aliphatic hydroxyl groups excluding tert-OH is 1. The molecule has 0 fully saturated rings. The molecule has 88 valence electrons. The molecule has 1 aliphatic heterocycles. The standard InChI is InChI=1S/C11H11F3O2/c12-11(13,14)10(15)8-5-1-3-7-4-2-6-16-9(7)8/h1,3,5,10,15H,2,4,6H2/t10-/m0/s1. The monoisotopic (exact) mass is 232 g/mol. The number of benzene rings is 1. The molecule has 0 amide bonds. The quantitative estimate of drug-likeness (QED) is 0.806. The topological polar surface area (TPSA) is 29.5 Å². The molecule has 1 N–H and O–H groups in total. The van der Waals surface area contributed by atoms with Crippen molar-refractivity contribution in [2.24, 2.45) is 0 Å². The Morgan fingerprint density at radius 1 is 1.31 bits per heavy atom. The first kappa shape index (κ1) is 11.3. The Labute approximate surface area is 90.7 Å². The summed E-state index contributed by atoms with van der Waals surface area (Å²) in [6.45, 7) is 0.397. The summed E-state index contributed by atoms with van der Waals surface area (Å²) in [6, 6.07) is 4.49. The summed E-state index contributed by atoms with van der Waals surface area (Å²) >= 11 is 0. The van der Waals surface area contributed by atoms with Crippen molar-refractivity contribution in [1.82, 2.24) is 0 Å². The van der Waals surface area contributed by atoms with E-state index in [1.807, 2.05) is 0 Å². The molecular weight excluding hydrogens is 221 g/mol. The number of ether oxygens (including phenoxy) is 1. The van der Waals surface area contributed by atoms with E-state index < -0.39 is 12.3 Å². The van der Waals surface area contributed by atoms with Crippen LogP contribution in [0.2, 0.25) is 0 Å². The highest BCUT2D eigenvalue weighted by molar-refractivity contribution is 5.44. The van der Waals surface area contributed by atoms with Crippen LogP contribution in [0.25, 0.3) is 0 Å². The minimum absolute atomic E-state index is 0.190. The lowest BCUT2D eigenvalue weighted by molar-refractivity contribution is -0.207. The molecule has 16 heavy (non-hydrogen) atoms. The van der Waals surface area contributed by atoms with Gasteiger partial charge in [-0.15, -0.1) is 0 Å². The lowest BCUT2D eigenvalue weighted by Gasteiger charge is -2.23. The molecule has 1 aromatic carbocycles. The minimum atomic E-state index is -4.66. The summed E-state index contributed by atoms with van der Waals surface area (Å²) in [5.41, 5.74) is 0.539. The Kier molecular flexibility index (Phi) is 2.80. The maximum Gasteiger partial charge on any atom is 0.418 e. The first-order valence-corrected chi connectivity index (χ1v) is 4.99. The van der Waals surface area contributed by atoms with Gasteiger partial charge in [-0.05, 0) is 18.4 Å². The largest absolute Gasteiger partial charge is 0.493 e. The van der Waals surface area contributed by atoms with E-state index in [4.69, 9.17) is 4.74 Å². The summed E-state index contributed by atoms with van der Waals surface area (Å²) in [6.07, 6.45) is -5.65. The van der Waals surface area contributed by atoms with Gasteiger partial charge in [-0.2, -0.15) is 13.2 Å². The highest BCUT2D eigenvalue weighted by Crippen LogP contribution is 2.39. The summed E-state index contributed by atoms with van der Waals surface area (Å²) in [4.78, 5) is 0. The van der Waals surface area contributed by atoms with E-state index in [1.165, 1.54) is 12.1 Å². The second-order valence-corrected chi connectivity index (χ2v) is 3.73. The predicted octanol–water partition coefficient (Wildman–Crippen LogP) is 2.61. The lowest BCUT2D eigenvalue weighted by atomic mass is 9.99. The maximum absolute atomic E-state index is 12.4. The molecule has 0 unspecified atom stereocenters. The molecule has 0 spiro atoms. The van der Waals surface area contributed by atoms with Crippen LogP contribution in [0, 0.1) is 0 Å². The van der Waals surface area contributed by atoms with Crippen LogP contribution in [-0.4, -0.2) is 17.9 Å². The third kappa shape index (κ3) is 2.00. The predicted molar refractivity (Wildman–Crippen MR) is 51.3 cm³/mol. The van der Waals surface area contributed by atoms with Crippen molar-refractivity contribution < 1.29 is 23.0 Å². The third-order valence-corrected chi connectivity index (χ3v) is 2.57. The van der Waals surface area contributed by atoms with Gasteiger partial charge in [-0.3, -0.25) is 0 Å². The average molecular weight is 232 g/mol. The Balaban J connectivity index is 2.41. The Morgan fingerprint density at radius 2 is 2.06 bits per heavy atom. The van der Waals surface area contributed by atoms with Crippen LogP contribution in [0.1, 0.15) is 23.7 Å². The maximum atomic E-state index is 12.4. The Bertz CT molecular complexity index is 387. The molecule has 0 saturated heterocycles. The van der Waals surface area contributed by atoms with Crippen molar-refractivity contribution in [3.8, 4) is 5.75 Å². The van der Waals surface area contributed by atoms with Gasteiger partial charge < -0.3 is 9.84 Å². The zero-order valence-electron chi connectivity index (χ0n) is 8.42. The van der Waals surface area contributed by atoms with Crippen molar-refractivity contribution in [2.45, 2.75) is 25.1 Å². The van der Waals surface area contributed by atoms with E-state index in [-0.39, 0.29) is 11.3 Å². The van der Waals surface area contributed by atoms with Crippen LogP contribution in [-0.2, 0) is 6.42 Å². The van der Waals surface area contributed by atoms with Crippen molar-refractivity contribution in [3.63, 3.8) is 0 Å². The molecular formula is C11H11F3O2. The minimum Gasteiger partial charge on any atom is -0.493 e. The molecule has 1 atom stereocenters.